The Kier molecular flexibility index (Phi) is 7.50. The second-order valence-electron chi connectivity index (χ2n) is 9.28. The van der Waals surface area contributed by atoms with Gasteiger partial charge >= 0.3 is 5.97 Å². The maximum absolute atomic E-state index is 12.8. The molecule has 13 nitrogen and oxygen atoms in total. The predicted octanol–water partition coefficient (Wildman–Crippen LogP) is 1.79. The van der Waals surface area contributed by atoms with E-state index in [0.717, 1.165) is 18.2 Å². The van der Waals surface area contributed by atoms with Crippen LogP contribution >= 0.6 is 0 Å². The Bertz CT molecular complexity index is 1460. The van der Waals surface area contributed by atoms with Gasteiger partial charge in [-0.05, 0) is 31.5 Å². The average Bonchev–Trinajstić information content (AvgIpc) is 2.90. The molecule has 1 aromatic heterocycles. The summed E-state index contributed by atoms with van der Waals surface area (Å²) in [5, 5.41) is 71.8. The lowest BCUT2D eigenvalue weighted by Crippen LogP contribution is -2.60. The van der Waals surface area contributed by atoms with Crippen LogP contribution in [0.15, 0.2) is 33.5 Å². The lowest BCUT2D eigenvalue weighted by Gasteiger charge is -2.40. The summed E-state index contributed by atoms with van der Waals surface area (Å²) in [5.74, 6) is -5.78. The molecule has 6 atom stereocenters. The molecule has 3 aromatic rings. The Labute approximate surface area is 220 Å². The highest BCUT2D eigenvalue weighted by molar-refractivity contribution is 5.93. The summed E-state index contributed by atoms with van der Waals surface area (Å²) in [7, 11) is 0. The molecule has 13 heteroatoms. The predicted molar refractivity (Wildman–Crippen MR) is 133 cm³/mol. The Morgan fingerprint density at radius 2 is 1.69 bits per heavy atom. The molecule has 0 bridgehead atoms. The number of benzene rings is 2. The molecule has 2 aromatic carbocycles. The molecular weight excluding hydrogens is 520 g/mol. The van der Waals surface area contributed by atoms with Gasteiger partial charge in [0, 0.05) is 11.6 Å². The smallest absolute Gasteiger partial charge is 0.309 e. The Morgan fingerprint density at radius 1 is 1.00 bits per heavy atom. The van der Waals surface area contributed by atoms with Crippen molar-refractivity contribution in [3.05, 3.63) is 34.5 Å². The van der Waals surface area contributed by atoms with Crippen LogP contribution < -0.4 is 10.2 Å². The Balaban J connectivity index is 1.74. The number of aromatic hydroxyl groups is 5. The second kappa shape index (κ2) is 10.5. The van der Waals surface area contributed by atoms with Gasteiger partial charge in [-0.3, -0.25) is 9.59 Å². The zero-order valence-corrected chi connectivity index (χ0v) is 21.1. The van der Waals surface area contributed by atoms with Crippen LogP contribution in [0.5, 0.6) is 34.5 Å². The molecule has 1 aliphatic rings. The molecule has 0 unspecified atom stereocenters. The summed E-state index contributed by atoms with van der Waals surface area (Å²) < 4.78 is 21.9. The van der Waals surface area contributed by atoms with Crippen LogP contribution in [-0.2, 0) is 14.3 Å². The standard InChI is InChI=1S/C26H28O13/c1-4-9(2)25(35)39-24-17(30)10(3)36-26(21(24)34)37-15-8-14(29)16-19(32)20(33)22(38-23(16)18(15)31)11-5-6-12(27)13(28)7-11/h5-10,17,21,24,26-31,33-34H,4H2,1-3H3/t9-,10-,17-,21+,24+,26-/m0/s1. The monoisotopic (exact) mass is 548 g/mol. The van der Waals surface area contributed by atoms with Gasteiger partial charge < -0.3 is 54.4 Å². The fourth-order valence-electron chi connectivity index (χ4n) is 4.03. The van der Waals surface area contributed by atoms with Gasteiger partial charge in [0.15, 0.2) is 40.8 Å². The minimum atomic E-state index is -1.73. The zero-order valence-electron chi connectivity index (χ0n) is 21.1. The first-order chi connectivity index (χ1) is 18.3. The van der Waals surface area contributed by atoms with Crippen molar-refractivity contribution in [3.63, 3.8) is 0 Å². The molecule has 39 heavy (non-hydrogen) atoms. The number of rotatable bonds is 6. The highest BCUT2D eigenvalue weighted by atomic mass is 16.7. The van der Waals surface area contributed by atoms with E-state index >= 15 is 0 Å². The summed E-state index contributed by atoms with van der Waals surface area (Å²) in [6, 6.07) is 4.12. The van der Waals surface area contributed by atoms with Gasteiger partial charge in [-0.1, -0.05) is 13.8 Å². The molecule has 0 aliphatic carbocycles. The zero-order chi connectivity index (χ0) is 28.8. The molecule has 0 amide bonds. The minimum Gasteiger partial charge on any atom is -0.507 e. The summed E-state index contributed by atoms with van der Waals surface area (Å²) in [6.45, 7) is 4.82. The van der Waals surface area contributed by atoms with Crippen molar-refractivity contribution >= 4 is 16.9 Å². The fourth-order valence-corrected chi connectivity index (χ4v) is 4.03. The molecule has 0 spiro atoms. The van der Waals surface area contributed by atoms with Crippen LogP contribution in [-0.4, -0.2) is 72.4 Å². The van der Waals surface area contributed by atoms with E-state index in [1.807, 2.05) is 0 Å². The first kappa shape index (κ1) is 27.8. The molecule has 7 N–H and O–H groups in total. The number of carbonyl (C=O) groups excluding carboxylic acids is 1. The van der Waals surface area contributed by atoms with Gasteiger partial charge in [-0.25, -0.2) is 0 Å². The van der Waals surface area contributed by atoms with Crippen molar-refractivity contribution in [1.29, 1.82) is 0 Å². The molecule has 1 fully saturated rings. The lowest BCUT2D eigenvalue weighted by molar-refractivity contribution is -0.273. The number of aliphatic hydroxyl groups is 2. The number of esters is 1. The van der Waals surface area contributed by atoms with Crippen LogP contribution in [0, 0.1) is 5.92 Å². The molecular formula is C26H28O13. The summed E-state index contributed by atoms with van der Waals surface area (Å²) in [5.41, 5.74) is -1.79. The normalized spacial score (nSPS) is 23.9. The fraction of sp³-hybridized carbons (Fsp3) is 0.385. The molecule has 1 aliphatic heterocycles. The van der Waals surface area contributed by atoms with Crippen molar-refractivity contribution < 1.29 is 59.2 Å². The van der Waals surface area contributed by atoms with Crippen molar-refractivity contribution in [3.8, 4) is 45.8 Å². The van der Waals surface area contributed by atoms with Gasteiger partial charge in [-0.15, -0.1) is 0 Å². The maximum Gasteiger partial charge on any atom is 0.309 e. The number of hydrogen-bond acceptors (Lipinski definition) is 13. The van der Waals surface area contributed by atoms with E-state index in [4.69, 9.17) is 18.6 Å². The number of ether oxygens (including phenoxy) is 3. The summed E-state index contributed by atoms with van der Waals surface area (Å²) >= 11 is 0. The van der Waals surface area contributed by atoms with Crippen LogP contribution in [0.25, 0.3) is 22.3 Å². The van der Waals surface area contributed by atoms with Crippen molar-refractivity contribution in [1.82, 2.24) is 0 Å². The van der Waals surface area contributed by atoms with Crippen LogP contribution in [0.3, 0.4) is 0 Å². The van der Waals surface area contributed by atoms with E-state index < -0.39 is 99.2 Å². The summed E-state index contributed by atoms with van der Waals surface area (Å²) in [6.07, 6.45) is -6.73. The van der Waals surface area contributed by atoms with E-state index in [1.165, 1.54) is 13.0 Å². The van der Waals surface area contributed by atoms with E-state index in [1.54, 1.807) is 13.8 Å². The van der Waals surface area contributed by atoms with E-state index in [9.17, 15) is 45.3 Å². The van der Waals surface area contributed by atoms with E-state index in [-0.39, 0.29) is 5.56 Å². The number of phenols is 4. The number of phenolic OH excluding ortho intramolecular Hbond substituents is 4. The van der Waals surface area contributed by atoms with Gasteiger partial charge in [-0.2, -0.15) is 0 Å². The number of fused-ring (bicyclic) bond motifs is 1. The van der Waals surface area contributed by atoms with Crippen LogP contribution in [0.4, 0.5) is 0 Å². The third-order valence-electron chi connectivity index (χ3n) is 6.59. The van der Waals surface area contributed by atoms with Gasteiger partial charge in [0.05, 0.1) is 12.0 Å². The quantitative estimate of drug-likeness (QED) is 0.133. The molecule has 0 saturated carbocycles. The third kappa shape index (κ3) is 4.99. The maximum atomic E-state index is 12.8. The van der Waals surface area contributed by atoms with Gasteiger partial charge in [0.1, 0.15) is 17.2 Å². The minimum absolute atomic E-state index is 0.0492. The second-order valence-corrected chi connectivity index (χ2v) is 9.28. The van der Waals surface area contributed by atoms with E-state index in [2.05, 4.69) is 0 Å². The largest absolute Gasteiger partial charge is 0.507 e. The van der Waals surface area contributed by atoms with Crippen molar-refractivity contribution in [2.24, 2.45) is 5.92 Å². The van der Waals surface area contributed by atoms with Gasteiger partial charge in [0.2, 0.25) is 23.2 Å². The molecule has 2 heterocycles. The molecule has 210 valence electrons. The molecule has 4 rings (SSSR count). The lowest BCUT2D eigenvalue weighted by atomic mass is 9.99. The number of aliphatic hydroxyl groups excluding tert-OH is 2. The first-order valence-corrected chi connectivity index (χ1v) is 12.0. The van der Waals surface area contributed by atoms with Crippen molar-refractivity contribution in [2.45, 2.75) is 57.9 Å². The van der Waals surface area contributed by atoms with Crippen LogP contribution in [0.2, 0.25) is 0 Å². The highest BCUT2D eigenvalue weighted by Gasteiger charge is 2.47. The van der Waals surface area contributed by atoms with Gasteiger partial charge in [0.25, 0.3) is 0 Å². The number of carbonyl (C=O) groups is 1. The van der Waals surface area contributed by atoms with Crippen LogP contribution in [0.1, 0.15) is 27.2 Å². The van der Waals surface area contributed by atoms with Crippen molar-refractivity contribution in [2.75, 3.05) is 0 Å². The number of hydrogen-bond donors (Lipinski definition) is 7. The SMILES string of the molecule is CC[C@H](C)C(=O)O[C@@H]1[C@@H](O)[C@H](C)O[C@@H](Oc2cc(O)c3c(=O)c(O)c(-c4ccc(O)c(O)c4)oc3c2O)[C@@H]1O. The molecule has 0 radical (unpaired) electrons. The first-order valence-electron chi connectivity index (χ1n) is 12.0. The Hall–Kier alpha value is -4.20. The highest BCUT2D eigenvalue weighted by Crippen LogP contribution is 2.44. The summed E-state index contributed by atoms with van der Waals surface area (Å²) in [4.78, 5) is 25.1. The van der Waals surface area contributed by atoms with E-state index in [0.29, 0.717) is 6.42 Å². The Morgan fingerprint density at radius 3 is 2.33 bits per heavy atom. The topological polar surface area (TPSA) is 217 Å². The average molecular weight is 548 g/mol. The molecule has 1 saturated heterocycles. The third-order valence-corrected chi connectivity index (χ3v) is 6.59.